The van der Waals surface area contributed by atoms with E-state index in [-0.39, 0.29) is 29.2 Å². The van der Waals surface area contributed by atoms with E-state index in [0.29, 0.717) is 19.7 Å². The largest absolute Gasteiger partial charge is 0.464 e. The maximum atomic E-state index is 11.6. The molecule has 25 heavy (non-hydrogen) atoms. The Morgan fingerprint density at radius 3 is 2.88 bits per heavy atom. The molecule has 0 aliphatic carbocycles. The Balaban J connectivity index is 1.99. The lowest BCUT2D eigenvalue weighted by molar-refractivity contribution is -0.144. The molecule has 0 amide bonds. The van der Waals surface area contributed by atoms with Gasteiger partial charge in [0.2, 0.25) is 10.0 Å². The smallest absolute Gasteiger partial charge is 0.308 e. The number of rotatable bonds is 9. The highest BCUT2D eigenvalue weighted by Gasteiger charge is 2.30. The maximum absolute atomic E-state index is 11.6. The molecular weight excluding hydrogens is 386 g/mol. The molecule has 0 saturated carbocycles. The molecule has 0 saturated heterocycles. The number of carbonyl (C=O) groups excluding carboxylic acids is 1. The molecule has 1 atom stereocenters. The van der Waals surface area contributed by atoms with E-state index >= 15 is 0 Å². The fraction of sp³-hybridized carbons (Fsp3) is 0.643. The van der Waals surface area contributed by atoms with Crippen LogP contribution in [0.15, 0.2) is 14.5 Å². The summed E-state index contributed by atoms with van der Waals surface area (Å²) in [5.74, 6) is -0.291. The lowest BCUT2D eigenvalue weighted by Crippen LogP contribution is -2.36. The number of methoxy groups -OCH3 is 1. The minimum atomic E-state index is -3.71. The Hall–Kier alpha value is -0.690. The highest BCUT2D eigenvalue weighted by Crippen LogP contribution is 2.43. The number of hydrogen-bond acceptors (Lipinski definition) is 9. The lowest BCUT2D eigenvalue weighted by atomic mass is 10.1. The van der Waals surface area contributed by atoms with E-state index in [2.05, 4.69) is 9.62 Å². The molecule has 2 rings (SSSR count). The number of fused-ring (bicyclic) bond motifs is 1. The summed E-state index contributed by atoms with van der Waals surface area (Å²) in [7, 11) is -2.18. The normalized spacial score (nSPS) is 18.1. The zero-order chi connectivity index (χ0) is 18.4. The van der Waals surface area contributed by atoms with E-state index in [1.54, 1.807) is 6.07 Å². The first-order valence-electron chi connectivity index (χ1n) is 7.82. The van der Waals surface area contributed by atoms with Gasteiger partial charge in [0.25, 0.3) is 0 Å². The van der Waals surface area contributed by atoms with Crippen molar-refractivity contribution in [1.29, 1.82) is 0 Å². The number of nitrogens with zero attached hydrogens (tertiary/aromatic N) is 1. The monoisotopic (exact) mass is 409 g/mol. The molecule has 8 nitrogen and oxygen atoms in total. The fourth-order valence-electron chi connectivity index (χ4n) is 2.35. The summed E-state index contributed by atoms with van der Waals surface area (Å²) >= 11 is 2.64. The zero-order valence-electron chi connectivity index (χ0n) is 14.2. The third-order valence-corrected chi connectivity index (χ3v) is 7.35. The van der Waals surface area contributed by atoms with Crippen LogP contribution in [0.1, 0.15) is 24.9 Å². The van der Waals surface area contributed by atoms with E-state index in [1.807, 2.05) is 6.92 Å². The third-order valence-electron chi connectivity index (χ3n) is 3.52. The molecule has 0 unspecified atom stereocenters. The molecule has 0 bridgehead atoms. The third kappa shape index (κ3) is 5.91. The van der Waals surface area contributed by atoms with Crippen LogP contribution in [0.2, 0.25) is 0 Å². The zero-order valence-corrected chi connectivity index (χ0v) is 16.6. The van der Waals surface area contributed by atoms with Crippen molar-refractivity contribution >= 4 is 39.3 Å². The molecule has 0 spiro atoms. The molecule has 1 aliphatic rings. The van der Waals surface area contributed by atoms with Gasteiger partial charge in [-0.1, -0.05) is 6.92 Å². The van der Waals surface area contributed by atoms with E-state index in [1.165, 1.54) is 30.4 Å². The molecule has 11 heteroatoms. The van der Waals surface area contributed by atoms with Crippen molar-refractivity contribution in [2.45, 2.75) is 27.8 Å². The summed E-state index contributed by atoms with van der Waals surface area (Å²) in [5, 5.41) is 8.60. The number of likely N-dealkylation sites (N-methyl/N-ethyl adjacent to an activating group) is 1. The quantitative estimate of drug-likeness (QED) is 0.458. The summed E-state index contributed by atoms with van der Waals surface area (Å²) < 4.78 is 36.4. The van der Waals surface area contributed by atoms with Crippen molar-refractivity contribution in [2.75, 3.05) is 40.0 Å². The molecule has 1 aliphatic heterocycles. The van der Waals surface area contributed by atoms with Gasteiger partial charge in [0.05, 0.1) is 17.2 Å². The first kappa shape index (κ1) is 20.6. The number of ether oxygens (including phenoxy) is 2. The van der Waals surface area contributed by atoms with Crippen molar-refractivity contribution in [2.24, 2.45) is 5.14 Å². The minimum Gasteiger partial charge on any atom is -0.464 e. The van der Waals surface area contributed by atoms with Crippen molar-refractivity contribution in [3.8, 4) is 0 Å². The minimum absolute atomic E-state index is 0.0113. The molecular formula is C14H23N3O5S3. The Morgan fingerprint density at radius 1 is 1.48 bits per heavy atom. The van der Waals surface area contributed by atoms with Crippen LogP contribution >= 0.6 is 23.3 Å². The Labute approximate surface area is 156 Å². The van der Waals surface area contributed by atoms with Gasteiger partial charge in [-0.2, -0.15) is 0 Å². The van der Waals surface area contributed by atoms with Crippen molar-refractivity contribution in [3.05, 3.63) is 11.6 Å². The highest BCUT2D eigenvalue weighted by molar-refractivity contribution is 7.99. The molecule has 1 aromatic heterocycles. The number of sulfonamides is 1. The van der Waals surface area contributed by atoms with Gasteiger partial charge in [0, 0.05) is 26.2 Å². The first-order valence-corrected chi connectivity index (χ1v) is 11.0. The van der Waals surface area contributed by atoms with Crippen LogP contribution in [-0.2, 0) is 24.3 Å². The summed E-state index contributed by atoms with van der Waals surface area (Å²) in [6, 6.07) is 1.66. The Kier molecular flexibility index (Phi) is 7.68. The Bertz CT molecular complexity index is 692. The predicted octanol–water partition coefficient (Wildman–Crippen LogP) is 0.949. The molecule has 0 aromatic carbocycles. The van der Waals surface area contributed by atoms with Crippen molar-refractivity contribution in [1.82, 2.24) is 9.62 Å². The second-order valence-corrected chi connectivity index (χ2v) is 9.61. The van der Waals surface area contributed by atoms with E-state index in [4.69, 9.17) is 14.6 Å². The van der Waals surface area contributed by atoms with Crippen LogP contribution in [0.5, 0.6) is 0 Å². The van der Waals surface area contributed by atoms with Crippen molar-refractivity contribution in [3.63, 3.8) is 0 Å². The van der Waals surface area contributed by atoms with Crippen LogP contribution < -0.4 is 10.5 Å². The average molecular weight is 410 g/mol. The van der Waals surface area contributed by atoms with Crippen LogP contribution in [0.3, 0.4) is 0 Å². The van der Waals surface area contributed by atoms with E-state index < -0.39 is 10.0 Å². The van der Waals surface area contributed by atoms with E-state index in [9.17, 15) is 13.2 Å². The molecule has 0 fully saturated rings. The standard InChI is InChI=1S/C14H23N3O5S3/c1-3-16-11-9-17(5-7-22-12(18)4-6-21-2)24-14-10(11)8-13(23-14)25(15,19)20/h8,11,16H,3-7,9H2,1-2H3,(H2,15,19,20)/t11-/m0/s1. The molecule has 142 valence electrons. The van der Waals surface area contributed by atoms with Crippen LogP contribution in [-0.4, -0.2) is 58.7 Å². The number of hydrogen-bond donors (Lipinski definition) is 2. The average Bonchev–Trinajstić information content (AvgIpc) is 2.98. The number of esters is 1. The predicted molar refractivity (Wildman–Crippen MR) is 97.0 cm³/mol. The highest BCUT2D eigenvalue weighted by atomic mass is 32.3. The molecule has 2 heterocycles. The van der Waals surface area contributed by atoms with Gasteiger partial charge in [-0.05, 0) is 30.1 Å². The number of nitrogens with two attached hydrogens (primary N) is 1. The number of nitrogens with one attached hydrogen (secondary N) is 1. The topological polar surface area (TPSA) is 111 Å². The van der Waals surface area contributed by atoms with Gasteiger partial charge >= 0.3 is 5.97 Å². The maximum Gasteiger partial charge on any atom is 0.308 e. The summed E-state index contributed by atoms with van der Waals surface area (Å²) in [4.78, 5) is 11.5. The van der Waals surface area contributed by atoms with Crippen molar-refractivity contribution < 1.29 is 22.7 Å². The number of carbonyl (C=O) groups is 1. The van der Waals surface area contributed by atoms with Crippen LogP contribution in [0.4, 0.5) is 0 Å². The van der Waals surface area contributed by atoms with Gasteiger partial charge in [-0.25, -0.2) is 17.9 Å². The molecule has 3 N–H and O–H groups in total. The van der Waals surface area contributed by atoms with Gasteiger partial charge in [0.1, 0.15) is 10.8 Å². The summed E-state index contributed by atoms with van der Waals surface area (Å²) in [6.07, 6.45) is 0.233. The van der Waals surface area contributed by atoms with Crippen LogP contribution in [0.25, 0.3) is 0 Å². The van der Waals surface area contributed by atoms with Gasteiger partial charge in [0.15, 0.2) is 0 Å². The second-order valence-electron chi connectivity index (χ2n) is 5.41. The van der Waals surface area contributed by atoms with E-state index in [0.717, 1.165) is 16.3 Å². The first-order chi connectivity index (χ1) is 11.8. The van der Waals surface area contributed by atoms with Gasteiger partial charge in [-0.15, -0.1) is 11.3 Å². The second kappa shape index (κ2) is 9.31. The number of primary sulfonamides is 1. The fourth-order valence-corrected chi connectivity index (χ4v) is 5.87. The SMILES string of the molecule is CCN[C@H]1CN(CCOC(=O)CCOC)Sc2sc(S(N)(=O)=O)cc21. The van der Waals surface area contributed by atoms with Gasteiger partial charge < -0.3 is 14.8 Å². The summed E-state index contributed by atoms with van der Waals surface area (Å²) in [5.41, 5.74) is 0.953. The lowest BCUT2D eigenvalue weighted by Gasteiger charge is -2.31. The van der Waals surface area contributed by atoms with Crippen LogP contribution in [0, 0.1) is 0 Å². The Morgan fingerprint density at radius 2 is 2.24 bits per heavy atom. The summed E-state index contributed by atoms with van der Waals surface area (Å²) in [6.45, 7) is 4.60. The number of thiophene rings is 1. The molecule has 1 aromatic rings. The molecule has 0 radical (unpaired) electrons. The van der Waals surface area contributed by atoms with Gasteiger partial charge in [-0.3, -0.25) is 4.79 Å².